The van der Waals surface area contributed by atoms with E-state index < -0.39 is 0 Å². The molecule has 3 heteroatoms. The van der Waals surface area contributed by atoms with Crippen molar-refractivity contribution in [2.24, 2.45) is 47.3 Å². The Hall–Kier alpha value is -1.90. The molecule has 0 amide bonds. The Labute approximate surface area is 288 Å². The molecule has 0 aliphatic heterocycles. The Kier molecular flexibility index (Phi) is 12.8. The van der Waals surface area contributed by atoms with E-state index in [1.54, 1.807) is 0 Å². The number of hydrogen-bond donors (Lipinski definition) is 0. The van der Waals surface area contributed by atoms with Gasteiger partial charge in [0.05, 0.1) is 12.4 Å². The van der Waals surface area contributed by atoms with E-state index in [4.69, 9.17) is 14.7 Å². The number of aromatic nitrogens is 2. The predicted molar refractivity (Wildman–Crippen MR) is 197 cm³/mol. The lowest BCUT2D eigenvalue weighted by Crippen LogP contribution is -2.26. The molecule has 0 radical (unpaired) electrons. The highest BCUT2D eigenvalue weighted by Crippen LogP contribution is 2.44. The SMILES string of the molecule is CCc1ncc(Oc2cnc(CC)c(CC3CCC(C4CCC(CC)CC4)CC3)c2)cc1CC1CCC(C2CCC(CC)CC2)CC1. The second-order valence-electron chi connectivity index (χ2n) is 16.7. The standard InChI is InChI=1S/C44H68N2O/c1-5-31-9-17-35(18-10-31)37-21-13-33(14-22-37)25-39-27-41(29-45-43(39)7-3)47-42-28-40(44(8-4)46-30-42)26-34-15-23-38(24-16-34)36-19-11-32(6-2)12-20-36/h27-38H,5-26H2,1-4H3. The summed E-state index contributed by atoms with van der Waals surface area (Å²) in [6.45, 7) is 9.27. The smallest absolute Gasteiger partial charge is 0.146 e. The van der Waals surface area contributed by atoms with Crippen molar-refractivity contribution in [1.82, 2.24) is 9.97 Å². The van der Waals surface area contributed by atoms with Gasteiger partial charge < -0.3 is 4.74 Å². The van der Waals surface area contributed by atoms with E-state index in [1.807, 2.05) is 12.4 Å². The van der Waals surface area contributed by atoms with E-state index in [0.717, 1.165) is 84.5 Å². The van der Waals surface area contributed by atoms with Gasteiger partial charge in [-0.15, -0.1) is 0 Å². The summed E-state index contributed by atoms with van der Waals surface area (Å²) in [6, 6.07) is 4.62. The Morgan fingerprint density at radius 2 is 0.787 bits per heavy atom. The van der Waals surface area contributed by atoms with E-state index in [2.05, 4.69) is 39.8 Å². The second-order valence-corrected chi connectivity index (χ2v) is 16.7. The molecule has 47 heavy (non-hydrogen) atoms. The molecule has 4 fully saturated rings. The van der Waals surface area contributed by atoms with Gasteiger partial charge in [0.2, 0.25) is 0 Å². The first-order valence-corrected chi connectivity index (χ1v) is 20.7. The number of nitrogens with zero attached hydrogens (tertiary/aromatic N) is 2. The van der Waals surface area contributed by atoms with Gasteiger partial charge in [0, 0.05) is 11.4 Å². The minimum absolute atomic E-state index is 0.791. The maximum absolute atomic E-state index is 6.54. The molecule has 3 nitrogen and oxygen atoms in total. The van der Waals surface area contributed by atoms with Crippen LogP contribution in [0.5, 0.6) is 11.5 Å². The summed E-state index contributed by atoms with van der Waals surface area (Å²) in [5.74, 6) is 9.34. The highest BCUT2D eigenvalue weighted by atomic mass is 16.5. The van der Waals surface area contributed by atoms with Crippen LogP contribution in [0.3, 0.4) is 0 Å². The zero-order valence-electron chi connectivity index (χ0n) is 30.8. The molecule has 0 saturated heterocycles. The van der Waals surface area contributed by atoms with Gasteiger partial charge in [-0.1, -0.05) is 66.2 Å². The van der Waals surface area contributed by atoms with Gasteiger partial charge in [-0.3, -0.25) is 9.97 Å². The van der Waals surface area contributed by atoms with E-state index >= 15 is 0 Å². The van der Waals surface area contributed by atoms with Crippen molar-refractivity contribution in [1.29, 1.82) is 0 Å². The largest absolute Gasteiger partial charge is 0.454 e. The molecule has 6 rings (SSSR count). The normalized spacial score (nSPS) is 31.8. The Bertz CT molecular complexity index is 1130. The fraction of sp³-hybridized carbons (Fsp3) is 0.773. The summed E-state index contributed by atoms with van der Waals surface area (Å²) in [7, 11) is 0. The quantitative estimate of drug-likeness (QED) is 0.231. The van der Waals surface area contributed by atoms with Crippen LogP contribution in [0.25, 0.3) is 0 Å². The van der Waals surface area contributed by atoms with Crippen LogP contribution < -0.4 is 4.74 Å². The number of pyridine rings is 2. The second kappa shape index (κ2) is 17.2. The summed E-state index contributed by atoms with van der Waals surface area (Å²) in [4.78, 5) is 9.84. The molecule has 2 aromatic rings. The predicted octanol–water partition coefficient (Wildman–Crippen LogP) is 12.5. The van der Waals surface area contributed by atoms with Gasteiger partial charge in [-0.25, -0.2) is 0 Å². The fourth-order valence-corrected chi connectivity index (χ4v) is 10.8. The Balaban J connectivity index is 1.03. The minimum atomic E-state index is 0.791. The average Bonchev–Trinajstić information content (AvgIpc) is 3.13. The highest BCUT2D eigenvalue weighted by Gasteiger charge is 2.32. The van der Waals surface area contributed by atoms with E-state index in [1.165, 1.54) is 138 Å². The molecule has 2 heterocycles. The first-order valence-electron chi connectivity index (χ1n) is 20.7. The average molecular weight is 641 g/mol. The number of hydrogen-bond acceptors (Lipinski definition) is 3. The maximum atomic E-state index is 6.54. The van der Waals surface area contributed by atoms with Crippen LogP contribution in [0.15, 0.2) is 24.5 Å². The highest BCUT2D eigenvalue weighted by molar-refractivity contribution is 5.36. The summed E-state index contributed by atoms with van der Waals surface area (Å²) in [5, 5.41) is 0. The van der Waals surface area contributed by atoms with Crippen LogP contribution in [0.4, 0.5) is 0 Å². The molecule has 0 spiro atoms. The molecule has 0 atom stereocenters. The lowest BCUT2D eigenvalue weighted by atomic mass is 9.68. The first-order chi connectivity index (χ1) is 23.0. The lowest BCUT2D eigenvalue weighted by molar-refractivity contribution is 0.145. The molecule has 0 unspecified atom stereocenters. The van der Waals surface area contributed by atoms with Crippen LogP contribution in [-0.4, -0.2) is 9.97 Å². The molecule has 2 aromatic heterocycles. The fourth-order valence-electron chi connectivity index (χ4n) is 10.8. The topological polar surface area (TPSA) is 35.0 Å². The van der Waals surface area contributed by atoms with Crippen LogP contribution in [0.1, 0.15) is 166 Å². The van der Waals surface area contributed by atoms with Crippen LogP contribution >= 0.6 is 0 Å². The van der Waals surface area contributed by atoms with Crippen molar-refractivity contribution >= 4 is 0 Å². The summed E-state index contributed by atoms with van der Waals surface area (Å²) in [5.41, 5.74) is 5.34. The molecular weight excluding hydrogens is 572 g/mol. The minimum Gasteiger partial charge on any atom is -0.454 e. The van der Waals surface area contributed by atoms with Crippen LogP contribution in [-0.2, 0) is 25.7 Å². The van der Waals surface area contributed by atoms with E-state index in [0.29, 0.717) is 0 Å². The van der Waals surface area contributed by atoms with Gasteiger partial charge in [-0.2, -0.15) is 0 Å². The molecule has 0 N–H and O–H groups in total. The van der Waals surface area contributed by atoms with Gasteiger partial charge >= 0.3 is 0 Å². The number of aryl methyl sites for hydroxylation is 2. The molecule has 4 aliphatic carbocycles. The van der Waals surface area contributed by atoms with Crippen LogP contribution in [0.2, 0.25) is 0 Å². The van der Waals surface area contributed by atoms with Gasteiger partial charge in [0.25, 0.3) is 0 Å². The Morgan fingerprint density at radius 1 is 0.468 bits per heavy atom. The number of rotatable bonds is 12. The third-order valence-electron chi connectivity index (χ3n) is 14.0. The third kappa shape index (κ3) is 9.21. The van der Waals surface area contributed by atoms with Crippen molar-refractivity contribution in [2.45, 2.75) is 169 Å². The van der Waals surface area contributed by atoms with Crippen molar-refractivity contribution in [3.8, 4) is 11.5 Å². The number of ether oxygens (including phenoxy) is 1. The molecular formula is C44H68N2O. The zero-order valence-corrected chi connectivity index (χ0v) is 30.8. The lowest BCUT2D eigenvalue weighted by Gasteiger charge is -2.38. The maximum Gasteiger partial charge on any atom is 0.146 e. The van der Waals surface area contributed by atoms with Crippen molar-refractivity contribution < 1.29 is 4.74 Å². The summed E-state index contributed by atoms with van der Waals surface area (Å²) < 4.78 is 6.54. The molecule has 4 aliphatic rings. The molecule has 260 valence electrons. The van der Waals surface area contributed by atoms with Crippen LogP contribution in [0, 0.1) is 47.3 Å². The van der Waals surface area contributed by atoms with Crippen molar-refractivity contribution in [3.05, 3.63) is 47.0 Å². The monoisotopic (exact) mass is 641 g/mol. The zero-order chi connectivity index (χ0) is 32.6. The van der Waals surface area contributed by atoms with Gasteiger partial charge in [0.1, 0.15) is 11.5 Å². The third-order valence-corrected chi connectivity index (χ3v) is 14.0. The Morgan fingerprint density at radius 3 is 1.09 bits per heavy atom. The van der Waals surface area contributed by atoms with E-state index in [-0.39, 0.29) is 0 Å². The van der Waals surface area contributed by atoms with Gasteiger partial charge in [-0.05, 0) is 173 Å². The van der Waals surface area contributed by atoms with E-state index in [9.17, 15) is 0 Å². The summed E-state index contributed by atoms with van der Waals surface area (Å²) >= 11 is 0. The van der Waals surface area contributed by atoms with Gasteiger partial charge in [0.15, 0.2) is 0 Å². The summed E-state index contributed by atoms with van der Waals surface area (Å²) in [6.07, 6.45) is 34.2. The molecule has 0 aromatic carbocycles. The van der Waals surface area contributed by atoms with Crippen molar-refractivity contribution in [3.63, 3.8) is 0 Å². The molecule has 0 bridgehead atoms. The first kappa shape index (κ1) is 34.9. The van der Waals surface area contributed by atoms with Crippen molar-refractivity contribution in [2.75, 3.05) is 0 Å². The molecule has 4 saturated carbocycles.